The van der Waals surface area contributed by atoms with Crippen molar-refractivity contribution in [1.29, 1.82) is 0 Å². The predicted molar refractivity (Wildman–Crippen MR) is 142 cm³/mol. The van der Waals surface area contributed by atoms with E-state index >= 15 is 0 Å². The van der Waals surface area contributed by atoms with Gasteiger partial charge < -0.3 is 20.5 Å². The number of halogens is 1. The lowest BCUT2D eigenvalue weighted by atomic mass is 10.1. The van der Waals surface area contributed by atoms with Gasteiger partial charge >= 0.3 is 0 Å². The molecule has 1 aromatic heterocycles. The van der Waals surface area contributed by atoms with E-state index < -0.39 is 11.8 Å². The van der Waals surface area contributed by atoms with Crippen LogP contribution in [0, 0.1) is 6.92 Å². The van der Waals surface area contributed by atoms with Crippen LogP contribution in [0.3, 0.4) is 0 Å². The third kappa shape index (κ3) is 6.63. The summed E-state index contributed by atoms with van der Waals surface area (Å²) in [5.74, 6) is -0.620. The Labute approximate surface area is 215 Å². The molecule has 178 valence electrons. The molecule has 4 N–H and O–H groups in total. The summed E-state index contributed by atoms with van der Waals surface area (Å²) >= 11 is 10.1. The topological polar surface area (TPSA) is 103 Å². The minimum atomic E-state index is -0.564. The maximum atomic E-state index is 12.9. The molecule has 0 aliphatic heterocycles. The molecule has 7 nitrogen and oxygen atoms in total. The fourth-order valence-corrected chi connectivity index (χ4v) is 5.11. The molecule has 1 heterocycles. The molecule has 0 unspecified atom stereocenters. The summed E-state index contributed by atoms with van der Waals surface area (Å²) in [7, 11) is 1.57. The Morgan fingerprint density at radius 2 is 1.88 bits per heavy atom. The van der Waals surface area contributed by atoms with Crippen LogP contribution in [-0.4, -0.2) is 37.3 Å². The highest BCUT2D eigenvalue weighted by Gasteiger charge is 2.21. The molecular formula is C24H24BrN3O4S2. The molecule has 0 saturated heterocycles. The summed E-state index contributed by atoms with van der Waals surface area (Å²) in [6, 6.07) is 15.0. The zero-order chi connectivity index (χ0) is 24.7. The van der Waals surface area contributed by atoms with Gasteiger partial charge in [-0.05, 0) is 48.5 Å². The maximum absolute atomic E-state index is 12.9. The number of methoxy groups -OCH3 is 1. The molecule has 0 atom stereocenters. The lowest BCUT2D eigenvalue weighted by Gasteiger charge is -2.13. The zero-order valence-corrected chi connectivity index (χ0v) is 21.9. The largest absolute Gasteiger partial charge is 0.490 e. The maximum Gasteiger partial charge on any atom is 0.261 e. The van der Waals surface area contributed by atoms with E-state index in [0.29, 0.717) is 46.0 Å². The van der Waals surface area contributed by atoms with Crippen LogP contribution in [0.1, 0.15) is 36.7 Å². The number of rotatable bonds is 9. The number of anilines is 1. The predicted octanol–water partition coefficient (Wildman–Crippen LogP) is 4.66. The fourth-order valence-electron chi connectivity index (χ4n) is 3.24. The minimum absolute atomic E-state index is 0.0443. The number of thiophene rings is 1. The molecule has 2 amide bonds. The molecule has 0 fully saturated rings. The van der Waals surface area contributed by atoms with Gasteiger partial charge in [-0.15, -0.1) is 11.3 Å². The van der Waals surface area contributed by atoms with Gasteiger partial charge in [-0.1, -0.05) is 46.3 Å². The zero-order valence-electron chi connectivity index (χ0n) is 18.6. The van der Waals surface area contributed by atoms with Crippen molar-refractivity contribution >= 4 is 61.4 Å². The van der Waals surface area contributed by atoms with E-state index in [-0.39, 0.29) is 5.11 Å². The number of primary amides is 1. The summed E-state index contributed by atoms with van der Waals surface area (Å²) in [6.07, 6.45) is 0.651. The lowest BCUT2D eigenvalue weighted by molar-refractivity contribution is 0.0968. The highest BCUT2D eigenvalue weighted by Crippen LogP contribution is 2.34. The molecule has 0 aliphatic rings. The first-order valence-electron chi connectivity index (χ1n) is 10.3. The standard InChI is InChI=1S/C24H24BrN3O4S2/c1-14-19(12-15-6-4-3-5-7-15)34-23(20(14)21(26)29)28-24(33)27-22(30)17-13-16(25)8-9-18(17)32-11-10-31-2/h3-9,13H,10-12H2,1-2H3,(H2,26,29)(H2,27,28,30,33). The van der Waals surface area contributed by atoms with E-state index in [9.17, 15) is 9.59 Å². The number of hydrogen-bond donors (Lipinski definition) is 3. The number of benzene rings is 2. The van der Waals surface area contributed by atoms with Gasteiger partial charge in [0.25, 0.3) is 11.8 Å². The number of ether oxygens (including phenoxy) is 2. The monoisotopic (exact) mass is 561 g/mol. The summed E-state index contributed by atoms with van der Waals surface area (Å²) < 4.78 is 11.4. The summed E-state index contributed by atoms with van der Waals surface area (Å²) in [4.78, 5) is 26.1. The highest BCUT2D eigenvalue weighted by molar-refractivity contribution is 9.10. The van der Waals surface area contributed by atoms with Crippen molar-refractivity contribution in [3.05, 3.63) is 80.1 Å². The Hall–Kier alpha value is -2.79. The second-order valence-electron chi connectivity index (χ2n) is 7.27. The van der Waals surface area contributed by atoms with Gasteiger partial charge in [0, 0.05) is 22.9 Å². The van der Waals surface area contributed by atoms with E-state index in [1.54, 1.807) is 25.3 Å². The molecule has 0 spiro atoms. The lowest BCUT2D eigenvalue weighted by Crippen LogP contribution is -2.34. The van der Waals surface area contributed by atoms with Crippen molar-refractivity contribution in [3.8, 4) is 5.75 Å². The number of nitrogens with two attached hydrogens (primary N) is 1. The second kappa shape index (κ2) is 12.1. The molecule has 10 heteroatoms. The van der Waals surface area contributed by atoms with Crippen LogP contribution >= 0.6 is 39.5 Å². The summed E-state index contributed by atoms with van der Waals surface area (Å²) in [6.45, 7) is 2.53. The van der Waals surface area contributed by atoms with Crippen molar-refractivity contribution in [3.63, 3.8) is 0 Å². The van der Waals surface area contributed by atoms with Gasteiger partial charge in [-0.3, -0.25) is 14.9 Å². The molecule has 0 bridgehead atoms. The van der Waals surface area contributed by atoms with Gasteiger partial charge in [-0.25, -0.2) is 0 Å². The van der Waals surface area contributed by atoms with Gasteiger partial charge in [0.05, 0.1) is 17.7 Å². The minimum Gasteiger partial charge on any atom is -0.490 e. The molecule has 34 heavy (non-hydrogen) atoms. The average molecular weight is 563 g/mol. The first-order valence-corrected chi connectivity index (χ1v) is 12.3. The normalized spacial score (nSPS) is 10.6. The van der Waals surface area contributed by atoms with Crippen LogP contribution in [0.4, 0.5) is 5.00 Å². The van der Waals surface area contributed by atoms with Crippen LogP contribution in [-0.2, 0) is 11.2 Å². The van der Waals surface area contributed by atoms with Crippen LogP contribution in [0.15, 0.2) is 53.0 Å². The van der Waals surface area contributed by atoms with Crippen LogP contribution < -0.4 is 21.1 Å². The molecule has 0 aliphatic carbocycles. The van der Waals surface area contributed by atoms with Gasteiger partial charge in [-0.2, -0.15) is 0 Å². The Balaban J connectivity index is 1.77. The third-order valence-electron chi connectivity index (χ3n) is 4.88. The number of amides is 2. The Bertz CT molecular complexity index is 1200. The van der Waals surface area contributed by atoms with E-state index in [2.05, 4.69) is 26.6 Å². The summed E-state index contributed by atoms with van der Waals surface area (Å²) in [5, 5.41) is 6.16. The number of carbonyl (C=O) groups excluding carboxylic acids is 2. The number of carbonyl (C=O) groups is 2. The van der Waals surface area contributed by atoms with E-state index in [1.807, 2.05) is 37.3 Å². The smallest absolute Gasteiger partial charge is 0.261 e. The van der Waals surface area contributed by atoms with Crippen molar-refractivity contribution in [1.82, 2.24) is 5.32 Å². The average Bonchev–Trinajstić information content (AvgIpc) is 3.09. The molecule has 0 radical (unpaired) electrons. The molecule has 3 rings (SSSR count). The van der Waals surface area contributed by atoms with E-state index in [4.69, 9.17) is 27.4 Å². The van der Waals surface area contributed by atoms with Crippen LogP contribution in [0.25, 0.3) is 0 Å². The SMILES string of the molecule is COCCOc1ccc(Br)cc1C(=O)NC(=S)Nc1sc(Cc2ccccc2)c(C)c1C(N)=O. The Morgan fingerprint density at radius 3 is 2.56 bits per heavy atom. The van der Waals surface area contributed by atoms with Crippen molar-refractivity contribution < 1.29 is 19.1 Å². The molecule has 0 saturated carbocycles. The molecule has 2 aromatic carbocycles. The Morgan fingerprint density at radius 1 is 1.15 bits per heavy atom. The van der Waals surface area contributed by atoms with Crippen LogP contribution in [0.5, 0.6) is 5.75 Å². The van der Waals surface area contributed by atoms with E-state index in [0.717, 1.165) is 16.0 Å². The molecular weight excluding hydrogens is 538 g/mol. The third-order valence-corrected chi connectivity index (χ3v) is 6.79. The number of nitrogens with one attached hydrogen (secondary N) is 2. The van der Waals surface area contributed by atoms with Gasteiger partial charge in [0.1, 0.15) is 17.4 Å². The van der Waals surface area contributed by atoms with Crippen molar-refractivity contribution in [2.75, 3.05) is 25.6 Å². The first kappa shape index (κ1) is 25.8. The Kier molecular flexibility index (Phi) is 9.17. The fraction of sp³-hybridized carbons (Fsp3) is 0.208. The molecule has 3 aromatic rings. The van der Waals surface area contributed by atoms with Gasteiger partial charge in [0.2, 0.25) is 0 Å². The van der Waals surface area contributed by atoms with E-state index in [1.165, 1.54) is 11.3 Å². The summed E-state index contributed by atoms with van der Waals surface area (Å²) in [5.41, 5.74) is 8.21. The first-order chi connectivity index (χ1) is 16.3. The van der Waals surface area contributed by atoms with Crippen LogP contribution in [0.2, 0.25) is 0 Å². The van der Waals surface area contributed by atoms with Gasteiger partial charge in [0.15, 0.2) is 5.11 Å². The second-order valence-corrected chi connectivity index (χ2v) is 9.70. The number of hydrogen-bond acceptors (Lipinski definition) is 6. The highest BCUT2D eigenvalue weighted by atomic mass is 79.9. The quantitative estimate of drug-likeness (QED) is 0.259. The van der Waals surface area contributed by atoms with Crippen molar-refractivity contribution in [2.45, 2.75) is 13.3 Å². The number of thiocarbonyl (C=S) groups is 1. The van der Waals surface area contributed by atoms with Crippen molar-refractivity contribution in [2.24, 2.45) is 5.73 Å².